The largest absolute Gasteiger partial charge is 0.456 e. The molecular weight excluding hydrogens is 374 g/mol. The van der Waals surface area contributed by atoms with E-state index in [1.165, 1.54) is 23.1 Å². The predicted octanol–water partition coefficient (Wildman–Crippen LogP) is 3.34. The summed E-state index contributed by atoms with van der Waals surface area (Å²) in [7, 11) is 0. The lowest BCUT2D eigenvalue weighted by Crippen LogP contribution is -2.31. The molecule has 0 unspecified atom stereocenters. The average molecular weight is 387 g/mol. The van der Waals surface area contributed by atoms with Crippen LogP contribution in [0.3, 0.4) is 0 Å². The molecule has 1 aliphatic rings. The summed E-state index contributed by atoms with van der Waals surface area (Å²) in [6.07, 6.45) is -0.0314. The van der Waals surface area contributed by atoms with Crippen molar-refractivity contribution in [3.05, 3.63) is 47.0 Å². The van der Waals surface area contributed by atoms with Crippen molar-refractivity contribution in [3.63, 3.8) is 0 Å². The highest BCUT2D eigenvalue weighted by Crippen LogP contribution is 2.36. The summed E-state index contributed by atoms with van der Waals surface area (Å²) in [5.74, 6) is -0.0303. The van der Waals surface area contributed by atoms with Crippen LogP contribution in [0.2, 0.25) is 0 Å². The summed E-state index contributed by atoms with van der Waals surface area (Å²) in [4.78, 5) is 29.3. The van der Waals surface area contributed by atoms with Crippen molar-refractivity contribution in [1.82, 2.24) is 10.1 Å². The van der Waals surface area contributed by atoms with Gasteiger partial charge in [0, 0.05) is 15.8 Å². The number of benzene rings is 1. The number of fused-ring (bicyclic) bond motifs is 1. The highest BCUT2D eigenvalue weighted by molar-refractivity contribution is 8.01. The summed E-state index contributed by atoms with van der Waals surface area (Å²) in [5.41, 5.74) is 1.62. The van der Waals surface area contributed by atoms with Gasteiger partial charge in [0.15, 0.2) is 6.61 Å². The maximum Gasteiger partial charge on any atom is 0.307 e. The molecule has 0 saturated heterocycles. The van der Waals surface area contributed by atoms with Crippen LogP contribution >= 0.6 is 23.1 Å². The molecule has 1 aliphatic heterocycles. The lowest BCUT2D eigenvalue weighted by atomic mass is 10.2. The van der Waals surface area contributed by atoms with Crippen LogP contribution in [0.1, 0.15) is 12.3 Å². The second-order valence-corrected chi connectivity index (χ2v) is 7.51. The van der Waals surface area contributed by atoms with Crippen molar-refractivity contribution >= 4 is 40.7 Å². The van der Waals surface area contributed by atoms with Crippen LogP contribution in [-0.4, -0.2) is 27.3 Å². The summed E-state index contributed by atoms with van der Waals surface area (Å²) in [5, 5.41) is 9.94. The predicted molar refractivity (Wildman–Crippen MR) is 96.7 cm³/mol. The summed E-state index contributed by atoms with van der Waals surface area (Å²) >= 11 is 2.88. The van der Waals surface area contributed by atoms with Gasteiger partial charge in [0.25, 0.3) is 5.89 Å². The zero-order valence-corrected chi connectivity index (χ0v) is 15.0. The van der Waals surface area contributed by atoms with Crippen molar-refractivity contribution in [2.24, 2.45) is 0 Å². The smallest absolute Gasteiger partial charge is 0.307 e. The Kier molecular flexibility index (Phi) is 4.72. The normalized spacial score (nSPS) is 16.0. The first-order valence-electron chi connectivity index (χ1n) is 7.76. The lowest BCUT2D eigenvalue weighted by Gasteiger charge is -2.23. The molecule has 0 fully saturated rings. The number of carbonyl (C=O) groups is 2. The van der Waals surface area contributed by atoms with Gasteiger partial charge in [0.05, 0.1) is 17.4 Å². The first-order chi connectivity index (χ1) is 12.7. The van der Waals surface area contributed by atoms with E-state index in [0.717, 1.165) is 16.1 Å². The molecule has 1 amide bonds. The highest BCUT2D eigenvalue weighted by atomic mass is 32.2. The number of para-hydroxylation sites is 1. The monoisotopic (exact) mass is 387 g/mol. The molecule has 0 radical (unpaired) electrons. The van der Waals surface area contributed by atoms with Crippen molar-refractivity contribution in [2.75, 3.05) is 5.32 Å². The molecule has 26 heavy (non-hydrogen) atoms. The van der Waals surface area contributed by atoms with Crippen LogP contribution in [0.4, 0.5) is 5.69 Å². The van der Waals surface area contributed by atoms with E-state index >= 15 is 0 Å². The lowest BCUT2D eigenvalue weighted by molar-refractivity contribution is -0.146. The number of hydrogen-bond donors (Lipinski definition) is 1. The summed E-state index contributed by atoms with van der Waals surface area (Å²) in [6, 6.07) is 9.35. The van der Waals surface area contributed by atoms with Gasteiger partial charge in [-0.25, -0.2) is 0 Å². The van der Waals surface area contributed by atoms with Gasteiger partial charge < -0.3 is 14.6 Å². The molecule has 0 saturated carbocycles. The second kappa shape index (κ2) is 7.30. The van der Waals surface area contributed by atoms with E-state index in [4.69, 9.17) is 9.26 Å². The Bertz CT molecular complexity index is 939. The zero-order valence-electron chi connectivity index (χ0n) is 13.4. The maximum absolute atomic E-state index is 12.1. The minimum atomic E-state index is -0.526. The van der Waals surface area contributed by atoms with Gasteiger partial charge in [-0.15, -0.1) is 11.8 Å². The number of aromatic nitrogens is 2. The topological polar surface area (TPSA) is 94.3 Å². The molecule has 7 nitrogen and oxygen atoms in total. The first-order valence-corrected chi connectivity index (χ1v) is 9.58. The van der Waals surface area contributed by atoms with Gasteiger partial charge in [0.2, 0.25) is 11.7 Å². The highest BCUT2D eigenvalue weighted by Gasteiger charge is 2.29. The first kappa shape index (κ1) is 16.8. The van der Waals surface area contributed by atoms with Gasteiger partial charge >= 0.3 is 5.97 Å². The number of anilines is 1. The van der Waals surface area contributed by atoms with Gasteiger partial charge in [0.1, 0.15) is 0 Å². The molecular formula is C17H13N3O4S2. The Hall–Kier alpha value is -2.65. The second-order valence-electron chi connectivity index (χ2n) is 5.48. The standard InChI is InChI=1S/C17H13N3O4S2/c21-15(7-13-17(22)18-11-3-1-2-4-12(11)26-13)23-8-14-19-16(20-24-14)10-5-6-25-9-10/h1-6,9,13H,7-8H2,(H,18,22)/t13-/m1/s1. The SMILES string of the molecule is O=C(C[C@H]1Sc2ccccc2NC1=O)OCc1nc(-c2ccsc2)no1. The fourth-order valence-electron chi connectivity index (χ4n) is 2.40. The van der Waals surface area contributed by atoms with E-state index in [0.29, 0.717) is 5.82 Å². The fourth-order valence-corrected chi connectivity index (χ4v) is 4.13. The summed E-state index contributed by atoms with van der Waals surface area (Å²) in [6.45, 7) is -0.119. The van der Waals surface area contributed by atoms with Gasteiger partial charge in [-0.3, -0.25) is 9.59 Å². The Labute approximate surface area is 156 Å². The number of carbonyl (C=O) groups excluding carboxylic acids is 2. The van der Waals surface area contributed by atoms with E-state index in [9.17, 15) is 9.59 Å². The number of amides is 1. The van der Waals surface area contributed by atoms with Crippen LogP contribution in [-0.2, 0) is 20.9 Å². The number of thioether (sulfide) groups is 1. The molecule has 0 aliphatic carbocycles. The van der Waals surface area contributed by atoms with Gasteiger partial charge in [-0.2, -0.15) is 16.3 Å². The molecule has 4 rings (SSSR count). The number of nitrogens with zero attached hydrogens (tertiary/aromatic N) is 2. The Morgan fingerprint density at radius 1 is 1.31 bits per heavy atom. The van der Waals surface area contributed by atoms with Gasteiger partial charge in [-0.05, 0) is 23.6 Å². The van der Waals surface area contributed by atoms with E-state index in [-0.39, 0.29) is 24.8 Å². The van der Waals surface area contributed by atoms with E-state index in [2.05, 4.69) is 15.5 Å². The number of esters is 1. The minimum absolute atomic E-state index is 0.0314. The number of ether oxygens (including phenoxy) is 1. The van der Waals surface area contributed by atoms with Crippen LogP contribution in [0.5, 0.6) is 0 Å². The zero-order chi connectivity index (χ0) is 17.9. The molecule has 0 spiro atoms. The van der Waals surface area contributed by atoms with E-state index in [1.807, 2.05) is 41.1 Å². The number of nitrogens with one attached hydrogen (secondary N) is 1. The van der Waals surface area contributed by atoms with E-state index in [1.54, 1.807) is 0 Å². The average Bonchev–Trinajstić information content (AvgIpc) is 3.32. The quantitative estimate of drug-likeness (QED) is 0.671. The Morgan fingerprint density at radius 3 is 3.04 bits per heavy atom. The van der Waals surface area contributed by atoms with E-state index < -0.39 is 11.2 Å². The van der Waals surface area contributed by atoms with Gasteiger partial charge in [-0.1, -0.05) is 17.3 Å². The third kappa shape index (κ3) is 3.63. The molecule has 1 N–H and O–H groups in total. The third-order valence-corrected chi connectivity index (χ3v) is 5.62. The maximum atomic E-state index is 12.1. The number of hydrogen-bond acceptors (Lipinski definition) is 8. The fraction of sp³-hybridized carbons (Fsp3) is 0.176. The molecule has 2 aromatic heterocycles. The van der Waals surface area contributed by atoms with Crippen molar-refractivity contribution in [2.45, 2.75) is 23.2 Å². The molecule has 9 heteroatoms. The number of thiophene rings is 1. The van der Waals surface area contributed by atoms with Crippen molar-refractivity contribution < 1.29 is 18.8 Å². The summed E-state index contributed by atoms with van der Waals surface area (Å²) < 4.78 is 10.3. The van der Waals surface area contributed by atoms with Crippen LogP contribution in [0, 0.1) is 0 Å². The Morgan fingerprint density at radius 2 is 2.19 bits per heavy atom. The minimum Gasteiger partial charge on any atom is -0.456 e. The van der Waals surface area contributed by atoms with Crippen LogP contribution in [0.25, 0.3) is 11.4 Å². The molecule has 132 valence electrons. The van der Waals surface area contributed by atoms with Crippen LogP contribution in [0.15, 0.2) is 50.5 Å². The van der Waals surface area contributed by atoms with Crippen LogP contribution < -0.4 is 5.32 Å². The molecule has 3 heterocycles. The third-order valence-electron chi connectivity index (χ3n) is 3.66. The molecule has 1 atom stereocenters. The Balaban J connectivity index is 1.33. The molecule has 0 bridgehead atoms. The number of rotatable bonds is 5. The van der Waals surface area contributed by atoms with Crippen molar-refractivity contribution in [3.8, 4) is 11.4 Å². The van der Waals surface area contributed by atoms with Crippen molar-refractivity contribution in [1.29, 1.82) is 0 Å². The molecule has 1 aromatic carbocycles. The molecule has 3 aromatic rings.